The fourth-order valence-electron chi connectivity index (χ4n) is 4.65. The Morgan fingerprint density at radius 2 is 2.03 bits per heavy atom. The fourth-order valence-corrected chi connectivity index (χ4v) is 4.65. The summed E-state index contributed by atoms with van der Waals surface area (Å²) in [6, 6.07) is 3.54. The molecule has 3 aromatic heterocycles. The van der Waals surface area contributed by atoms with Crippen LogP contribution in [0, 0.1) is 6.92 Å². The van der Waals surface area contributed by atoms with Crippen molar-refractivity contribution in [1.82, 2.24) is 19.9 Å². The number of hydrogen-bond acceptors (Lipinski definition) is 8. The highest BCUT2D eigenvalue weighted by Crippen LogP contribution is 2.37. The maximum Gasteiger partial charge on any atom is 0.413 e. The Kier molecular flexibility index (Phi) is 4.92. The quantitative estimate of drug-likeness (QED) is 0.533. The van der Waals surface area contributed by atoms with Crippen LogP contribution in [0.2, 0.25) is 0 Å². The highest BCUT2D eigenvalue weighted by atomic mass is 16.5. The Balaban J connectivity index is 1.57. The second-order valence-corrected chi connectivity index (χ2v) is 8.90. The summed E-state index contributed by atoms with van der Waals surface area (Å²) in [7, 11) is 0. The van der Waals surface area contributed by atoms with Crippen LogP contribution in [0.1, 0.15) is 19.4 Å². The van der Waals surface area contributed by atoms with E-state index in [-0.39, 0.29) is 17.5 Å². The number of nitrogens with zero attached hydrogens (tertiary/aromatic N) is 5. The molecule has 0 saturated carbocycles. The number of carbonyl (C=O) groups excluding carboxylic acids is 1. The summed E-state index contributed by atoms with van der Waals surface area (Å²) in [6.07, 6.45) is 2.09. The highest BCUT2D eigenvalue weighted by Gasteiger charge is 2.48. The molecule has 0 atom stereocenters. The molecule has 34 heavy (non-hydrogen) atoms. The minimum absolute atomic E-state index is 0.0910. The Bertz CT molecular complexity index is 1340. The van der Waals surface area contributed by atoms with Crippen molar-refractivity contribution < 1.29 is 19.4 Å². The van der Waals surface area contributed by atoms with E-state index in [1.807, 2.05) is 13.0 Å². The molecule has 1 fully saturated rings. The molecule has 11 nitrogen and oxygen atoms in total. The van der Waals surface area contributed by atoms with E-state index in [9.17, 15) is 14.7 Å². The van der Waals surface area contributed by atoms with Crippen molar-refractivity contribution in [2.45, 2.75) is 26.3 Å². The predicted octanol–water partition coefficient (Wildman–Crippen LogP) is 2.49. The third-order valence-corrected chi connectivity index (χ3v) is 6.42. The van der Waals surface area contributed by atoms with Crippen LogP contribution in [0.25, 0.3) is 22.0 Å². The van der Waals surface area contributed by atoms with Crippen molar-refractivity contribution in [3.8, 4) is 17.1 Å². The van der Waals surface area contributed by atoms with E-state index in [2.05, 4.69) is 20.3 Å². The van der Waals surface area contributed by atoms with Crippen LogP contribution in [-0.4, -0.2) is 68.7 Å². The lowest BCUT2D eigenvalue weighted by Gasteiger charge is -2.52. The van der Waals surface area contributed by atoms with Gasteiger partial charge in [0, 0.05) is 49.9 Å². The number of nitrogen functional groups attached to an aromatic ring is 1. The number of carbonyl (C=O) groups is 2. The first kappa shape index (κ1) is 21.7. The molecule has 2 amide bonds. The molecule has 2 aliphatic heterocycles. The van der Waals surface area contributed by atoms with Gasteiger partial charge in [-0.05, 0) is 36.9 Å². The van der Waals surface area contributed by atoms with Gasteiger partial charge >= 0.3 is 6.09 Å². The Morgan fingerprint density at radius 3 is 2.74 bits per heavy atom. The topological polar surface area (TPSA) is 147 Å². The SMILES string of the molecule is CC(=O)N1CC(C)(N(C(=O)O)c2cc3cc(-c4cnc5c(c4C)NCCO5)nc(N)c3cn2)C1. The number of ether oxygens (including phenoxy) is 1. The normalized spacial score (nSPS) is 16.1. The van der Waals surface area contributed by atoms with Crippen molar-refractivity contribution in [2.24, 2.45) is 0 Å². The third kappa shape index (κ3) is 3.40. The number of nitrogens with one attached hydrogen (secondary N) is 1. The van der Waals surface area contributed by atoms with Crippen molar-refractivity contribution in [1.29, 1.82) is 0 Å². The van der Waals surface area contributed by atoms with Gasteiger partial charge in [-0.2, -0.15) is 0 Å². The van der Waals surface area contributed by atoms with Gasteiger partial charge in [-0.15, -0.1) is 0 Å². The van der Waals surface area contributed by atoms with Gasteiger partial charge in [-0.1, -0.05) is 0 Å². The third-order valence-electron chi connectivity index (χ3n) is 6.42. The van der Waals surface area contributed by atoms with E-state index in [0.29, 0.717) is 48.6 Å². The molecule has 4 N–H and O–H groups in total. The standard InChI is InChI=1S/C23H25N7O4/c1-12-15(8-27-21-19(12)25-4-5-34-21)17-6-14-7-18(26-9-16(14)20(24)28-17)30(22(32)33)23(3)10-29(11-23)13(2)31/h6-9,25H,4-5,10-11H2,1-3H3,(H2,24,28)(H,32,33). The molecule has 0 radical (unpaired) electrons. The largest absolute Gasteiger partial charge is 0.474 e. The number of fused-ring (bicyclic) bond motifs is 2. The molecule has 0 spiro atoms. The summed E-state index contributed by atoms with van der Waals surface area (Å²) in [5.74, 6) is 1.01. The number of hydrogen-bond donors (Lipinski definition) is 3. The second kappa shape index (κ2) is 7.72. The van der Waals surface area contributed by atoms with E-state index >= 15 is 0 Å². The summed E-state index contributed by atoms with van der Waals surface area (Å²) in [5, 5.41) is 14.6. The maximum atomic E-state index is 12.2. The molecule has 176 valence electrons. The first-order chi connectivity index (χ1) is 16.2. The number of nitrogens with two attached hydrogens (primary N) is 1. The zero-order valence-electron chi connectivity index (χ0n) is 19.1. The number of likely N-dealkylation sites (tertiary alicyclic amines) is 1. The summed E-state index contributed by atoms with van der Waals surface area (Å²) in [5.41, 5.74) is 8.65. The van der Waals surface area contributed by atoms with Gasteiger partial charge in [0.05, 0.1) is 11.2 Å². The zero-order chi connectivity index (χ0) is 24.2. The summed E-state index contributed by atoms with van der Waals surface area (Å²) >= 11 is 0. The molecule has 2 aliphatic rings. The van der Waals surface area contributed by atoms with E-state index in [0.717, 1.165) is 16.8 Å². The number of rotatable bonds is 3. The van der Waals surface area contributed by atoms with Gasteiger partial charge in [0.15, 0.2) is 0 Å². The molecule has 0 aliphatic carbocycles. The lowest BCUT2D eigenvalue weighted by atomic mass is 9.90. The Hall–Kier alpha value is -4.15. The summed E-state index contributed by atoms with van der Waals surface area (Å²) in [6.45, 7) is 7.07. The molecule has 5 heterocycles. The number of pyridine rings is 3. The zero-order valence-corrected chi connectivity index (χ0v) is 19.1. The number of anilines is 3. The fraction of sp³-hybridized carbons (Fsp3) is 0.348. The van der Waals surface area contributed by atoms with E-state index in [4.69, 9.17) is 10.5 Å². The van der Waals surface area contributed by atoms with Gasteiger partial charge in [0.2, 0.25) is 11.8 Å². The molecule has 5 rings (SSSR count). The minimum atomic E-state index is -1.14. The van der Waals surface area contributed by atoms with Crippen LogP contribution in [-0.2, 0) is 4.79 Å². The van der Waals surface area contributed by atoms with Crippen molar-refractivity contribution >= 4 is 40.1 Å². The predicted molar refractivity (Wildman–Crippen MR) is 127 cm³/mol. The average Bonchev–Trinajstić information content (AvgIpc) is 2.77. The van der Waals surface area contributed by atoms with Crippen LogP contribution in [0.5, 0.6) is 5.88 Å². The number of carboxylic acid groups (broad SMARTS) is 1. The molecule has 1 saturated heterocycles. The second-order valence-electron chi connectivity index (χ2n) is 8.90. The smallest absolute Gasteiger partial charge is 0.413 e. The highest BCUT2D eigenvalue weighted by molar-refractivity contribution is 5.97. The maximum absolute atomic E-state index is 12.2. The van der Waals surface area contributed by atoms with Gasteiger partial charge in [-0.25, -0.2) is 19.7 Å². The van der Waals surface area contributed by atoms with Crippen molar-refractivity contribution in [3.05, 3.63) is 30.1 Å². The van der Waals surface area contributed by atoms with Crippen LogP contribution >= 0.6 is 0 Å². The monoisotopic (exact) mass is 463 g/mol. The molecule has 11 heteroatoms. The van der Waals surface area contributed by atoms with Crippen LogP contribution in [0.3, 0.4) is 0 Å². The summed E-state index contributed by atoms with van der Waals surface area (Å²) in [4.78, 5) is 40.0. The lowest BCUT2D eigenvalue weighted by Crippen LogP contribution is -2.71. The molecule has 0 bridgehead atoms. The van der Waals surface area contributed by atoms with Gasteiger partial charge in [0.25, 0.3) is 0 Å². The van der Waals surface area contributed by atoms with E-state index in [1.54, 1.807) is 24.1 Å². The van der Waals surface area contributed by atoms with E-state index < -0.39 is 11.6 Å². The number of amides is 2. The Labute approximate surface area is 195 Å². The van der Waals surface area contributed by atoms with Crippen LogP contribution in [0.4, 0.5) is 22.1 Å². The Morgan fingerprint density at radius 1 is 1.26 bits per heavy atom. The number of aromatic nitrogens is 3. The lowest BCUT2D eigenvalue weighted by molar-refractivity contribution is -0.135. The van der Waals surface area contributed by atoms with Crippen LogP contribution in [0.15, 0.2) is 24.5 Å². The molecule has 3 aromatic rings. The van der Waals surface area contributed by atoms with E-state index in [1.165, 1.54) is 18.0 Å². The van der Waals surface area contributed by atoms with Crippen LogP contribution < -0.4 is 20.7 Å². The molecular weight excluding hydrogens is 438 g/mol. The van der Waals surface area contributed by atoms with Gasteiger partial charge in [0.1, 0.15) is 23.9 Å². The average molecular weight is 463 g/mol. The molecular formula is C23H25N7O4. The first-order valence-electron chi connectivity index (χ1n) is 10.9. The van der Waals surface area contributed by atoms with Crippen molar-refractivity contribution in [3.63, 3.8) is 0 Å². The molecule has 0 unspecified atom stereocenters. The summed E-state index contributed by atoms with van der Waals surface area (Å²) < 4.78 is 5.61. The molecule has 0 aromatic carbocycles. The van der Waals surface area contributed by atoms with Gasteiger partial charge < -0.3 is 25.8 Å². The first-order valence-corrected chi connectivity index (χ1v) is 10.9. The minimum Gasteiger partial charge on any atom is -0.474 e. The van der Waals surface area contributed by atoms with Crippen molar-refractivity contribution in [2.75, 3.05) is 42.2 Å². The van der Waals surface area contributed by atoms with Gasteiger partial charge in [-0.3, -0.25) is 9.69 Å².